The molecule has 11 rings (SSSR count). The van der Waals surface area contributed by atoms with Gasteiger partial charge in [-0.05, 0) is 171 Å². The normalized spacial score (nSPS) is 12.4. The van der Waals surface area contributed by atoms with Gasteiger partial charge in [0, 0.05) is 16.7 Å². The molecule has 0 aliphatic rings. The summed E-state index contributed by atoms with van der Waals surface area (Å²) in [5, 5.41) is 4.99. The second-order valence-corrected chi connectivity index (χ2v) is 26.6. The summed E-state index contributed by atoms with van der Waals surface area (Å²) < 4.78 is 0. The highest BCUT2D eigenvalue weighted by Crippen LogP contribution is 2.40. The van der Waals surface area contributed by atoms with Crippen molar-refractivity contribution in [3.63, 3.8) is 0 Å². The van der Waals surface area contributed by atoms with Crippen LogP contribution in [0.25, 0.3) is 111 Å². The Hall–Kier alpha value is -8.27. The summed E-state index contributed by atoms with van der Waals surface area (Å²) in [6, 6.07) is 74.5. The maximum Gasteiger partial charge on any atom is 0.164 e. The molecule has 0 saturated carbocycles. The highest BCUT2D eigenvalue weighted by molar-refractivity contribution is 5.90. The van der Waals surface area contributed by atoms with E-state index in [1.165, 1.54) is 82.7 Å². The van der Waals surface area contributed by atoms with Gasteiger partial charge >= 0.3 is 0 Å². The highest BCUT2D eigenvalue weighted by Gasteiger charge is 2.23. The van der Waals surface area contributed by atoms with Crippen LogP contribution in [0.2, 0.25) is 0 Å². The predicted molar refractivity (Wildman–Crippen MR) is 343 cm³/mol. The maximum absolute atomic E-state index is 5.39. The fraction of sp³-hybridized carbons (Fsp3) is 0.234. The number of nitrogens with zero attached hydrogens (tertiary/aromatic N) is 3. The SMILES string of the molecule is Cc1ccc2cc(-c3cc(-c4cccc(-c5nc(-c6ccc(-c7cc(C(C)(C)C)cc(C(C)(C)C)c7)cc6)nc(-c6cccc(-c7cc(-c8ccc9cc(C)ccc9c8)cc(C(C)(C)C)c7)c6)n5)c4)cc(C(C)(C)C)c3)ccc2c1. The molecule has 0 unspecified atom stereocenters. The van der Waals surface area contributed by atoms with Crippen molar-refractivity contribution in [2.75, 3.05) is 0 Å². The number of hydrogen-bond donors (Lipinski definition) is 0. The second-order valence-electron chi connectivity index (χ2n) is 26.6. The van der Waals surface area contributed by atoms with E-state index in [2.05, 4.69) is 297 Å². The minimum Gasteiger partial charge on any atom is -0.208 e. The molecular weight excluding hydrogens is 967 g/mol. The highest BCUT2D eigenvalue weighted by atomic mass is 15.0. The molecule has 0 saturated heterocycles. The van der Waals surface area contributed by atoms with Gasteiger partial charge in [0.15, 0.2) is 17.5 Å². The standard InChI is InChI=1S/C77H75N3/c1-48-21-23-56-35-58(31-29-54(56)33-48)64-39-62(41-67(43-64)74(3,4)5)52-17-15-19-60(37-52)72-78-71(51-27-25-50(26-28-51)66-45-69(76(9,10)11)47-70(46-66)77(12,13)14)79-73(80-72)61-20-16-18-53(38-61)63-40-65(44-68(42-63)75(6,7)8)59-32-30-55-34-49(2)22-24-57(55)36-59/h15-47H,1-14H3. The topological polar surface area (TPSA) is 38.7 Å². The summed E-state index contributed by atoms with van der Waals surface area (Å²) in [7, 11) is 0. The molecule has 3 heteroatoms. The van der Waals surface area contributed by atoms with Crippen molar-refractivity contribution in [3.8, 4) is 89.8 Å². The summed E-state index contributed by atoms with van der Waals surface area (Å²) in [5.74, 6) is 1.86. The van der Waals surface area contributed by atoms with E-state index in [4.69, 9.17) is 15.0 Å². The maximum atomic E-state index is 5.39. The summed E-state index contributed by atoms with van der Waals surface area (Å²) in [6.07, 6.45) is 0. The fourth-order valence-corrected chi connectivity index (χ4v) is 10.8. The molecule has 80 heavy (non-hydrogen) atoms. The van der Waals surface area contributed by atoms with E-state index in [0.717, 1.165) is 44.5 Å². The Kier molecular flexibility index (Phi) is 13.7. The van der Waals surface area contributed by atoms with Crippen LogP contribution in [0.15, 0.2) is 200 Å². The minimum absolute atomic E-state index is 0.00466. The zero-order valence-corrected chi connectivity index (χ0v) is 49.4. The molecule has 3 nitrogen and oxygen atoms in total. The Morgan fingerprint density at radius 3 is 0.850 bits per heavy atom. The predicted octanol–water partition coefficient (Wildman–Crippen LogP) is 21.3. The third-order valence-corrected chi connectivity index (χ3v) is 15.9. The summed E-state index contributed by atoms with van der Waals surface area (Å²) in [4.78, 5) is 16.1. The Bertz CT molecular complexity index is 3920. The van der Waals surface area contributed by atoms with Crippen LogP contribution in [0, 0.1) is 13.8 Å². The van der Waals surface area contributed by atoms with Crippen molar-refractivity contribution in [2.24, 2.45) is 0 Å². The van der Waals surface area contributed by atoms with Gasteiger partial charge in [-0.15, -0.1) is 0 Å². The molecule has 0 atom stereocenters. The van der Waals surface area contributed by atoms with Crippen LogP contribution in [0.4, 0.5) is 0 Å². The molecule has 11 aromatic rings. The van der Waals surface area contributed by atoms with Crippen molar-refractivity contribution < 1.29 is 0 Å². The van der Waals surface area contributed by atoms with Crippen LogP contribution >= 0.6 is 0 Å². The molecule has 0 aliphatic carbocycles. The lowest BCUT2D eigenvalue weighted by Crippen LogP contribution is -2.16. The van der Waals surface area contributed by atoms with E-state index in [1.54, 1.807) is 0 Å². The monoisotopic (exact) mass is 1040 g/mol. The zero-order valence-electron chi connectivity index (χ0n) is 49.4. The molecule has 0 radical (unpaired) electrons. The second kappa shape index (κ2) is 20.4. The van der Waals surface area contributed by atoms with E-state index >= 15 is 0 Å². The van der Waals surface area contributed by atoms with Gasteiger partial charge in [-0.3, -0.25) is 0 Å². The van der Waals surface area contributed by atoms with Gasteiger partial charge in [0.05, 0.1) is 0 Å². The lowest BCUT2D eigenvalue weighted by molar-refractivity contribution is 0.569. The average molecular weight is 1040 g/mol. The van der Waals surface area contributed by atoms with Crippen molar-refractivity contribution in [2.45, 2.75) is 119 Å². The van der Waals surface area contributed by atoms with Crippen molar-refractivity contribution in [1.29, 1.82) is 0 Å². The molecule has 10 aromatic carbocycles. The van der Waals surface area contributed by atoms with Crippen molar-refractivity contribution in [1.82, 2.24) is 15.0 Å². The smallest absolute Gasteiger partial charge is 0.164 e. The van der Waals surface area contributed by atoms with Gasteiger partial charge < -0.3 is 0 Å². The Morgan fingerprint density at radius 2 is 0.475 bits per heavy atom. The average Bonchev–Trinajstić information content (AvgIpc) is 3.47. The zero-order chi connectivity index (χ0) is 56.5. The Labute approximate surface area is 475 Å². The van der Waals surface area contributed by atoms with Crippen molar-refractivity contribution in [3.05, 3.63) is 234 Å². The first-order chi connectivity index (χ1) is 37.9. The van der Waals surface area contributed by atoms with Gasteiger partial charge in [0.1, 0.15) is 0 Å². The quantitative estimate of drug-likeness (QED) is 0.152. The van der Waals surface area contributed by atoms with Crippen LogP contribution in [-0.2, 0) is 21.7 Å². The molecule has 1 aromatic heterocycles. The fourth-order valence-electron chi connectivity index (χ4n) is 10.8. The van der Waals surface area contributed by atoms with Gasteiger partial charge in [-0.2, -0.15) is 0 Å². The van der Waals surface area contributed by atoms with E-state index < -0.39 is 0 Å². The molecule has 0 aliphatic heterocycles. The van der Waals surface area contributed by atoms with Gasteiger partial charge in [-0.1, -0.05) is 258 Å². The number of aromatic nitrogens is 3. The minimum atomic E-state index is -0.0754. The molecular formula is C77H75N3. The summed E-state index contributed by atoms with van der Waals surface area (Å²) >= 11 is 0. The van der Waals surface area contributed by atoms with E-state index in [9.17, 15) is 0 Å². The molecule has 398 valence electrons. The number of fused-ring (bicyclic) bond motifs is 2. The third-order valence-electron chi connectivity index (χ3n) is 15.9. The first-order valence-corrected chi connectivity index (χ1v) is 28.5. The molecule has 0 amide bonds. The molecule has 1 heterocycles. The summed E-state index contributed by atoms with van der Waals surface area (Å²) in [6.45, 7) is 31.8. The number of hydrogen-bond acceptors (Lipinski definition) is 3. The van der Waals surface area contributed by atoms with E-state index in [-0.39, 0.29) is 21.7 Å². The van der Waals surface area contributed by atoms with Gasteiger partial charge in [-0.25, -0.2) is 15.0 Å². The third kappa shape index (κ3) is 11.4. The van der Waals surface area contributed by atoms with Crippen LogP contribution < -0.4 is 0 Å². The lowest BCUT2D eigenvalue weighted by Gasteiger charge is -2.26. The van der Waals surface area contributed by atoms with E-state index in [0.29, 0.717) is 17.5 Å². The molecule has 0 spiro atoms. The number of rotatable bonds is 8. The summed E-state index contributed by atoms with van der Waals surface area (Å²) in [5.41, 5.74) is 22.0. The van der Waals surface area contributed by atoms with Crippen LogP contribution in [0.5, 0.6) is 0 Å². The van der Waals surface area contributed by atoms with E-state index in [1.807, 2.05) is 0 Å². The van der Waals surface area contributed by atoms with Gasteiger partial charge in [0.2, 0.25) is 0 Å². The van der Waals surface area contributed by atoms with Crippen molar-refractivity contribution >= 4 is 21.5 Å². The number of benzene rings is 10. The Morgan fingerprint density at radius 1 is 0.212 bits per heavy atom. The molecule has 0 fully saturated rings. The molecule has 0 N–H and O–H groups in total. The van der Waals surface area contributed by atoms with Crippen LogP contribution in [0.3, 0.4) is 0 Å². The first-order valence-electron chi connectivity index (χ1n) is 28.5. The Balaban J connectivity index is 1.04. The van der Waals surface area contributed by atoms with Crippen LogP contribution in [-0.4, -0.2) is 15.0 Å². The first kappa shape index (κ1) is 53.7. The largest absolute Gasteiger partial charge is 0.208 e. The number of aryl methyl sites for hydroxylation is 2. The van der Waals surface area contributed by atoms with Crippen LogP contribution in [0.1, 0.15) is 116 Å². The van der Waals surface area contributed by atoms with Gasteiger partial charge in [0.25, 0.3) is 0 Å². The molecule has 0 bridgehead atoms. The lowest BCUT2D eigenvalue weighted by atomic mass is 9.79.